The Morgan fingerprint density at radius 1 is 1.47 bits per heavy atom. The van der Waals surface area contributed by atoms with Crippen LogP contribution in [-0.4, -0.2) is 36.8 Å². The number of sulfonamides is 1. The summed E-state index contributed by atoms with van der Waals surface area (Å²) >= 11 is 0. The Bertz CT molecular complexity index is 619. The molecule has 1 aromatic rings. The Kier molecular flexibility index (Phi) is 3.52. The lowest BCUT2D eigenvalue weighted by Gasteiger charge is -2.15. The molecule has 0 aliphatic carbocycles. The first kappa shape index (κ1) is 13.8. The van der Waals surface area contributed by atoms with Crippen LogP contribution >= 0.6 is 0 Å². The molecule has 1 aliphatic heterocycles. The van der Waals surface area contributed by atoms with Gasteiger partial charge in [-0.25, -0.2) is 8.42 Å². The molecule has 0 saturated carbocycles. The molecule has 104 valence electrons. The molecule has 0 radical (unpaired) electrons. The Morgan fingerprint density at radius 3 is 2.68 bits per heavy atom. The molecule has 2 rings (SSSR count). The first-order valence-electron chi connectivity index (χ1n) is 5.52. The van der Waals surface area contributed by atoms with Gasteiger partial charge in [-0.3, -0.25) is 10.1 Å². The van der Waals surface area contributed by atoms with Gasteiger partial charge in [0.25, 0.3) is 0 Å². The molecule has 2 N–H and O–H groups in total. The standard InChI is InChI=1S/C10H12FN3O4S/c11-9-2-1-8(5-10(9)14(15)16)19(17,18)13-4-3-7(12)6-13/h1-2,5,7H,3-4,6,12H2/t7-/m1/s1. The summed E-state index contributed by atoms with van der Waals surface area (Å²) in [7, 11) is -3.86. The highest BCUT2D eigenvalue weighted by molar-refractivity contribution is 7.89. The summed E-state index contributed by atoms with van der Waals surface area (Å²) < 4.78 is 38.7. The Balaban J connectivity index is 2.41. The van der Waals surface area contributed by atoms with Crippen molar-refractivity contribution in [1.29, 1.82) is 0 Å². The van der Waals surface area contributed by atoms with Crippen LogP contribution < -0.4 is 5.73 Å². The topological polar surface area (TPSA) is 107 Å². The maximum Gasteiger partial charge on any atom is 0.306 e. The highest BCUT2D eigenvalue weighted by Gasteiger charge is 2.32. The number of nitro groups is 1. The summed E-state index contributed by atoms with van der Waals surface area (Å²) in [5.41, 5.74) is 4.77. The summed E-state index contributed by atoms with van der Waals surface area (Å²) in [6, 6.07) is 2.28. The first-order valence-corrected chi connectivity index (χ1v) is 6.96. The van der Waals surface area contributed by atoms with Gasteiger partial charge in [0.2, 0.25) is 15.8 Å². The van der Waals surface area contributed by atoms with Crippen molar-refractivity contribution in [2.24, 2.45) is 5.73 Å². The molecular formula is C10H12FN3O4S. The van der Waals surface area contributed by atoms with E-state index in [0.29, 0.717) is 6.42 Å². The number of nitro benzene ring substituents is 1. The van der Waals surface area contributed by atoms with Crippen LogP contribution in [0, 0.1) is 15.9 Å². The van der Waals surface area contributed by atoms with E-state index >= 15 is 0 Å². The van der Waals surface area contributed by atoms with Crippen molar-refractivity contribution in [2.75, 3.05) is 13.1 Å². The Labute approximate surface area is 109 Å². The fourth-order valence-corrected chi connectivity index (χ4v) is 3.45. The van der Waals surface area contributed by atoms with Gasteiger partial charge < -0.3 is 5.73 Å². The molecule has 0 spiro atoms. The highest BCUT2D eigenvalue weighted by Crippen LogP contribution is 2.25. The van der Waals surface area contributed by atoms with Crippen LogP contribution in [0.25, 0.3) is 0 Å². The largest absolute Gasteiger partial charge is 0.326 e. The third-order valence-electron chi connectivity index (χ3n) is 2.94. The molecule has 1 fully saturated rings. The van der Waals surface area contributed by atoms with Crippen LogP contribution in [0.5, 0.6) is 0 Å². The quantitative estimate of drug-likeness (QED) is 0.642. The van der Waals surface area contributed by atoms with Gasteiger partial charge in [-0.1, -0.05) is 0 Å². The summed E-state index contributed by atoms with van der Waals surface area (Å²) in [6.07, 6.45) is 0.530. The van der Waals surface area contributed by atoms with Crippen LogP contribution in [0.4, 0.5) is 10.1 Å². The zero-order valence-electron chi connectivity index (χ0n) is 9.82. The van der Waals surface area contributed by atoms with E-state index in [1.165, 1.54) is 0 Å². The van der Waals surface area contributed by atoms with Crippen LogP contribution in [0.15, 0.2) is 23.1 Å². The van der Waals surface area contributed by atoms with Crippen LogP contribution in [0.3, 0.4) is 0 Å². The number of nitrogens with zero attached hydrogens (tertiary/aromatic N) is 2. The molecule has 0 unspecified atom stereocenters. The van der Waals surface area contributed by atoms with Gasteiger partial charge in [-0.05, 0) is 18.6 Å². The summed E-state index contributed by atoms with van der Waals surface area (Å²) in [6.45, 7) is 0.419. The van der Waals surface area contributed by atoms with Crippen molar-refractivity contribution in [3.8, 4) is 0 Å². The minimum atomic E-state index is -3.86. The summed E-state index contributed by atoms with van der Waals surface area (Å²) in [4.78, 5) is 9.36. The molecule has 1 heterocycles. The lowest BCUT2D eigenvalue weighted by molar-refractivity contribution is -0.387. The van der Waals surface area contributed by atoms with Crippen molar-refractivity contribution in [1.82, 2.24) is 4.31 Å². The van der Waals surface area contributed by atoms with Crippen molar-refractivity contribution in [3.63, 3.8) is 0 Å². The average molecular weight is 289 g/mol. The number of nitrogens with two attached hydrogens (primary N) is 1. The zero-order valence-corrected chi connectivity index (χ0v) is 10.6. The molecule has 1 aliphatic rings. The lowest BCUT2D eigenvalue weighted by atomic mass is 10.3. The van der Waals surface area contributed by atoms with E-state index in [2.05, 4.69) is 0 Å². The molecule has 9 heteroatoms. The average Bonchev–Trinajstić information content (AvgIpc) is 2.76. The fraction of sp³-hybridized carbons (Fsp3) is 0.400. The van der Waals surface area contributed by atoms with Crippen molar-refractivity contribution < 1.29 is 17.7 Å². The van der Waals surface area contributed by atoms with E-state index in [1.54, 1.807) is 0 Å². The van der Waals surface area contributed by atoms with Gasteiger partial charge in [-0.2, -0.15) is 8.70 Å². The number of hydrogen-bond acceptors (Lipinski definition) is 5. The second kappa shape index (κ2) is 4.83. The van der Waals surface area contributed by atoms with Crippen molar-refractivity contribution in [2.45, 2.75) is 17.4 Å². The van der Waals surface area contributed by atoms with Gasteiger partial charge in [-0.15, -0.1) is 0 Å². The van der Waals surface area contributed by atoms with Gasteiger partial charge in [0, 0.05) is 25.2 Å². The monoisotopic (exact) mass is 289 g/mol. The summed E-state index contributed by atoms with van der Waals surface area (Å²) in [5.74, 6) is -1.07. The molecule has 0 aromatic heterocycles. The highest BCUT2D eigenvalue weighted by atomic mass is 32.2. The molecule has 1 saturated heterocycles. The normalized spacial score (nSPS) is 20.6. The second-order valence-electron chi connectivity index (χ2n) is 4.28. The maximum atomic E-state index is 13.2. The number of halogens is 1. The zero-order chi connectivity index (χ0) is 14.2. The third kappa shape index (κ3) is 2.57. The first-order chi connectivity index (χ1) is 8.82. The molecule has 7 nitrogen and oxygen atoms in total. The van der Waals surface area contributed by atoms with Crippen molar-refractivity contribution >= 4 is 15.7 Å². The molecule has 19 heavy (non-hydrogen) atoms. The second-order valence-corrected chi connectivity index (χ2v) is 6.22. The molecular weight excluding hydrogens is 277 g/mol. The molecule has 0 amide bonds. The van der Waals surface area contributed by atoms with Gasteiger partial charge in [0.05, 0.1) is 9.82 Å². The van der Waals surface area contributed by atoms with E-state index in [0.717, 1.165) is 22.5 Å². The third-order valence-corrected chi connectivity index (χ3v) is 4.80. The predicted octanol–water partition coefficient (Wildman–Crippen LogP) is 0.456. The van der Waals surface area contributed by atoms with Crippen LogP contribution in [0.1, 0.15) is 6.42 Å². The van der Waals surface area contributed by atoms with E-state index in [1.807, 2.05) is 0 Å². The molecule has 1 aromatic carbocycles. The minimum Gasteiger partial charge on any atom is -0.326 e. The van der Waals surface area contributed by atoms with E-state index in [-0.39, 0.29) is 24.0 Å². The lowest BCUT2D eigenvalue weighted by Crippen LogP contribution is -2.32. The van der Waals surface area contributed by atoms with E-state index < -0.39 is 26.5 Å². The number of benzene rings is 1. The predicted molar refractivity (Wildman–Crippen MR) is 64.4 cm³/mol. The smallest absolute Gasteiger partial charge is 0.306 e. The van der Waals surface area contributed by atoms with Gasteiger partial charge in [0.1, 0.15) is 0 Å². The van der Waals surface area contributed by atoms with Crippen LogP contribution in [-0.2, 0) is 10.0 Å². The SMILES string of the molecule is N[C@@H]1CCN(S(=O)(=O)c2ccc(F)c([N+](=O)[O-])c2)C1. The van der Waals surface area contributed by atoms with E-state index in [4.69, 9.17) is 5.73 Å². The van der Waals surface area contributed by atoms with Crippen LogP contribution in [0.2, 0.25) is 0 Å². The maximum absolute atomic E-state index is 13.2. The fourth-order valence-electron chi connectivity index (χ4n) is 1.91. The molecule has 1 atom stereocenters. The molecule has 0 bridgehead atoms. The Hall–Kier alpha value is -1.58. The summed E-state index contributed by atoms with van der Waals surface area (Å²) in [5, 5.41) is 10.6. The van der Waals surface area contributed by atoms with Gasteiger partial charge >= 0.3 is 5.69 Å². The van der Waals surface area contributed by atoms with Crippen molar-refractivity contribution in [3.05, 3.63) is 34.1 Å². The minimum absolute atomic E-state index is 0.160. The number of rotatable bonds is 3. The number of hydrogen-bond donors (Lipinski definition) is 1. The van der Waals surface area contributed by atoms with Gasteiger partial charge in [0.15, 0.2) is 0 Å². The Morgan fingerprint density at radius 2 is 2.16 bits per heavy atom. The van der Waals surface area contributed by atoms with E-state index in [9.17, 15) is 22.9 Å².